The number of thiocarbonyl (C=S) groups is 1. The zero-order valence-corrected chi connectivity index (χ0v) is 7.58. The fourth-order valence-electron chi connectivity index (χ4n) is 0.642. The highest BCUT2D eigenvalue weighted by atomic mass is 32.1. The maximum atomic E-state index is 5.01. The molecule has 4 N–H and O–H groups in total. The fourth-order valence-corrected chi connectivity index (χ4v) is 0.694. The number of aromatic nitrogens is 1. The van der Waals surface area contributed by atoms with Crippen LogP contribution >= 0.6 is 12.2 Å². The van der Waals surface area contributed by atoms with Gasteiger partial charge < -0.3 is 0 Å². The van der Waals surface area contributed by atoms with E-state index in [-0.39, 0.29) is 5.11 Å². The van der Waals surface area contributed by atoms with Crippen molar-refractivity contribution in [2.45, 2.75) is 0 Å². The van der Waals surface area contributed by atoms with Crippen LogP contribution in [0.4, 0.5) is 0 Å². The summed E-state index contributed by atoms with van der Waals surface area (Å²) in [7, 11) is 0. The van der Waals surface area contributed by atoms with Gasteiger partial charge in [0.05, 0.1) is 11.9 Å². The summed E-state index contributed by atoms with van der Waals surface area (Å²) in [5, 5.41) is 4.05. The minimum absolute atomic E-state index is 0.257. The Bertz CT molecular complexity index is 297. The Morgan fingerprint density at radius 2 is 2.46 bits per heavy atom. The summed E-state index contributed by atoms with van der Waals surface area (Å²) in [4.78, 5) is 4.02. The number of pyridine rings is 1. The lowest BCUT2D eigenvalue weighted by Gasteiger charge is -1.98. The smallest absolute Gasteiger partial charge is 0.201 e. The molecule has 0 aromatic carbocycles. The molecule has 0 atom stereocenters. The highest BCUT2D eigenvalue weighted by molar-refractivity contribution is 7.80. The predicted octanol–water partition coefficient (Wildman–Crippen LogP) is -0.247. The van der Waals surface area contributed by atoms with Crippen molar-refractivity contribution < 1.29 is 0 Å². The van der Waals surface area contributed by atoms with E-state index in [0.717, 1.165) is 5.69 Å². The van der Waals surface area contributed by atoms with Crippen molar-refractivity contribution in [1.29, 1.82) is 0 Å². The Morgan fingerprint density at radius 3 is 3.08 bits per heavy atom. The quantitative estimate of drug-likeness (QED) is 0.263. The van der Waals surface area contributed by atoms with Gasteiger partial charge in [-0.2, -0.15) is 5.10 Å². The number of hydrogen-bond donors (Lipinski definition) is 3. The van der Waals surface area contributed by atoms with Crippen molar-refractivity contribution in [3.63, 3.8) is 0 Å². The number of nitrogens with two attached hydrogens (primary N) is 1. The van der Waals surface area contributed by atoms with E-state index in [1.54, 1.807) is 12.4 Å². The third kappa shape index (κ3) is 3.59. The van der Waals surface area contributed by atoms with E-state index < -0.39 is 0 Å². The molecule has 0 aliphatic heterocycles. The largest absolute Gasteiger partial charge is 0.300 e. The minimum Gasteiger partial charge on any atom is -0.300 e. The fraction of sp³-hybridized carbons (Fsp3) is 0. The standard InChI is InChI=1S/C7H9N5S/c8-11-7(13)12-10-5-6-3-1-2-4-9-6/h1-5H,8H2,(H2,11,12,13)/b10-5+. The highest BCUT2D eigenvalue weighted by Gasteiger charge is 1.86. The number of hydrazone groups is 1. The van der Waals surface area contributed by atoms with E-state index >= 15 is 0 Å². The van der Waals surface area contributed by atoms with E-state index in [9.17, 15) is 0 Å². The topological polar surface area (TPSA) is 75.3 Å². The lowest BCUT2D eigenvalue weighted by atomic mass is 10.4. The van der Waals surface area contributed by atoms with Gasteiger partial charge in [-0.3, -0.25) is 15.8 Å². The highest BCUT2D eigenvalue weighted by Crippen LogP contribution is 1.87. The second kappa shape index (κ2) is 5.18. The SMILES string of the molecule is NNC(=S)N/N=C/c1ccccn1. The summed E-state index contributed by atoms with van der Waals surface area (Å²) < 4.78 is 0. The minimum atomic E-state index is 0.257. The van der Waals surface area contributed by atoms with Gasteiger partial charge in [-0.25, -0.2) is 5.84 Å². The van der Waals surface area contributed by atoms with Gasteiger partial charge in [0.2, 0.25) is 5.11 Å². The molecule has 0 saturated heterocycles. The third-order valence-corrected chi connectivity index (χ3v) is 1.39. The van der Waals surface area contributed by atoms with E-state index in [1.807, 2.05) is 18.2 Å². The molecule has 1 aromatic rings. The molecular formula is C7H9N5S. The number of rotatable bonds is 2. The third-order valence-electron chi connectivity index (χ3n) is 1.18. The van der Waals surface area contributed by atoms with Gasteiger partial charge in [-0.15, -0.1) is 0 Å². The van der Waals surface area contributed by atoms with E-state index in [0.29, 0.717) is 0 Å². The summed E-state index contributed by atoms with van der Waals surface area (Å²) >= 11 is 4.69. The molecule has 1 aromatic heterocycles. The molecule has 0 amide bonds. The van der Waals surface area contributed by atoms with Crippen LogP contribution < -0.4 is 16.7 Å². The van der Waals surface area contributed by atoms with E-state index in [2.05, 4.69) is 33.2 Å². The summed E-state index contributed by atoms with van der Waals surface area (Å²) in [6, 6.07) is 5.52. The van der Waals surface area contributed by atoms with E-state index in [1.165, 1.54) is 0 Å². The van der Waals surface area contributed by atoms with Crippen LogP contribution in [0.15, 0.2) is 29.5 Å². The first-order valence-electron chi connectivity index (χ1n) is 3.53. The molecule has 0 spiro atoms. The van der Waals surface area contributed by atoms with Gasteiger partial charge in [0, 0.05) is 6.20 Å². The molecule has 6 heteroatoms. The maximum absolute atomic E-state index is 5.01. The second-order valence-electron chi connectivity index (χ2n) is 2.10. The lowest BCUT2D eigenvalue weighted by molar-refractivity contribution is 0.929. The lowest BCUT2D eigenvalue weighted by Crippen LogP contribution is -2.37. The van der Waals surface area contributed by atoms with Gasteiger partial charge in [0.15, 0.2) is 0 Å². The summed E-state index contributed by atoms with van der Waals surface area (Å²) in [5.74, 6) is 5.01. The molecule has 0 aliphatic carbocycles. The number of hydrazine groups is 1. The van der Waals surface area contributed by atoms with Crippen LogP contribution in [0.2, 0.25) is 0 Å². The van der Waals surface area contributed by atoms with Crippen molar-refractivity contribution in [2.75, 3.05) is 0 Å². The molecule has 1 heterocycles. The van der Waals surface area contributed by atoms with Crippen molar-refractivity contribution in [1.82, 2.24) is 15.8 Å². The molecule has 0 radical (unpaired) electrons. The number of hydrogen-bond acceptors (Lipinski definition) is 4. The Labute approximate surface area is 81.0 Å². The Morgan fingerprint density at radius 1 is 1.62 bits per heavy atom. The second-order valence-corrected chi connectivity index (χ2v) is 2.51. The Balaban J connectivity index is 2.45. The maximum Gasteiger partial charge on any atom is 0.201 e. The molecule has 5 nitrogen and oxygen atoms in total. The van der Waals surface area contributed by atoms with Crippen LogP contribution in [0.3, 0.4) is 0 Å². The van der Waals surface area contributed by atoms with Crippen molar-refractivity contribution in [3.8, 4) is 0 Å². The molecular weight excluding hydrogens is 186 g/mol. The van der Waals surface area contributed by atoms with Crippen LogP contribution in [0.1, 0.15) is 5.69 Å². The number of nitrogens with zero attached hydrogens (tertiary/aromatic N) is 2. The van der Waals surface area contributed by atoms with Crippen molar-refractivity contribution in [3.05, 3.63) is 30.1 Å². The molecule has 0 saturated carbocycles. The van der Waals surface area contributed by atoms with Crippen LogP contribution in [-0.4, -0.2) is 16.3 Å². The van der Waals surface area contributed by atoms with Crippen LogP contribution in [0, 0.1) is 0 Å². The summed E-state index contributed by atoms with van der Waals surface area (Å²) in [5.41, 5.74) is 5.49. The van der Waals surface area contributed by atoms with E-state index in [4.69, 9.17) is 5.84 Å². The van der Waals surface area contributed by atoms with Crippen LogP contribution in [-0.2, 0) is 0 Å². The van der Waals surface area contributed by atoms with Crippen molar-refractivity contribution in [2.24, 2.45) is 10.9 Å². The van der Waals surface area contributed by atoms with Gasteiger partial charge in [-0.05, 0) is 24.4 Å². The Hall–Kier alpha value is -1.53. The van der Waals surface area contributed by atoms with Crippen molar-refractivity contribution >= 4 is 23.5 Å². The monoisotopic (exact) mass is 195 g/mol. The molecule has 1 rings (SSSR count). The van der Waals surface area contributed by atoms with Gasteiger partial charge >= 0.3 is 0 Å². The Kier molecular flexibility index (Phi) is 3.80. The average Bonchev–Trinajstić information content (AvgIpc) is 2.19. The zero-order chi connectivity index (χ0) is 9.52. The van der Waals surface area contributed by atoms with Crippen LogP contribution in [0.25, 0.3) is 0 Å². The molecule has 13 heavy (non-hydrogen) atoms. The molecule has 0 aliphatic rings. The van der Waals surface area contributed by atoms with Gasteiger partial charge in [-0.1, -0.05) is 6.07 Å². The zero-order valence-electron chi connectivity index (χ0n) is 6.77. The predicted molar refractivity (Wildman–Crippen MR) is 54.9 cm³/mol. The van der Waals surface area contributed by atoms with Crippen LogP contribution in [0.5, 0.6) is 0 Å². The summed E-state index contributed by atoms with van der Waals surface area (Å²) in [6.45, 7) is 0. The van der Waals surface area contributed by atoms with Gasteiger partial charge in [0.1, 0.15) is 0 Å². The first-order chi connectivity index (χ1) is 6.33. The molecule has 0 fully saturated rings. The molecule has 68 valence electrons. The van der Waals surface area contributed by atoms with Gasteiger partial charge in [0.25, 0.3) is 0 Å². The first-order valence-corrected chi connectivity index (χ1v) is 3.94. The normalized spacial score (nSPS) is 9.92. The summed E-state index contributed by atoms with van der Waals surface area (Å²) in [6.07, 6.45) is 3.23. The average molecular weight is 195 g/mol. The molecule has 0 unspecified atom stereocenters. The first kappa shape index (κ1) is 9.56. The molecule has 0 bridgehead atoms. The number of nitrogens with one attached hydrogen (secondary N) is 2.